The van der Waals surface area contributed by atoms with Crippen LogP contribution in [0.15, 0.2) is 0 Å². The molecule has 0 bridgehead atoms. The SMILES string of the molecule is CC(=O)OCC(C)N1C(=O)C2CC2C1=O. The third-order valence-corrected chi connectivity index (χ3v) is 2.87. The van der Waals surface area contributed by atoms with E-state index in [0.717, 1.165) is 0 Å². The highest BCUT2D eigenvalue weighted by atomic mass is 16.5. The highest BCUT2D eigenvalue weighted by Crippen LogP contribution is 2.47. The van der Waals surface area contributed by atoms with Crippen LogP contribution in [0.3, 0.4) is 0 Å². The molecular formula is C10H13NO4. The van der Waals surface area contributed by atoms with Crippen LogP contribution >= 0.6 is 0 Å². The second-order valence-electron chi connectivity index (χ2n) is 4.15. The minimum Gasteiger partial charge on any atom is -0.464 e. The second kappa shape index (κ2) is 3.32. The molecule has 2 amide bonds. The van der Waals surface area contributed by atoms with Crippen LogP contribution in [0.25, 0.3) is 0 Å². The van der Waals surface area contributed by atoms with Gasteiger partial charge < -0.3 is 4.74 Å². The van der Waals surface area contributed by atoms with Crippen molar-refractivity contribution < 1.29 is 19.1 Å². The number of imide groups is 1. The van der Waals surface area contributed by atoms with Crippen molar-refractivity contribution in [1.82, 2.24) is 4.90 Å². The van der Waals surface area contributed by atoms with Crippen LogP contribution in [0.1, 0.15) is 20.3 Å². The van der Waals surface area contributed by atoms with E-state index in [-0.39, 0.29) is 36.3 Å². The van der Waals surface area contributed by atoms with Crippen molar-refractivity contribution in [3.63, 3.8) is 0 Å². The van der Waals surface area contributed by atoms with Gasteiger partial charge in [0.1, 0.15) is 6.61 Å². The molecule has 2 aliphatic rings. The largest absolute Gasteiger partial charge is 0.464 e. The van der Waals surface area contributed by atoms with Gasteiger partial charge in [0.25, 0.3) is 0 Å². The average molecular weight is 211 g/mol. The Labute approximate surface area is 87.4 Å². The maximum absolute atomic E-state index is 11.6. The molecule has 5 nitrogen and oxygen atoms in total. The molecule has 3 unspecified atom stereocenters. The maximum atomic E-state index is 11.6. The fourth-order valence-corrected chi connectivity index (χ4v) is 1.95. The summed E-state index contributed by atoms with van der Waals surface area (Å²) in [6.45, 7) is 3.10. The van der Waals surface area contributed by atoms with Crippen LogP contribution in [-0.4, -0.2) is 35.3 Å². The highest BCUT2D eigenvalue weighted by molar-refractivity contribution is 6.09. The summed E-state index contributed by atoms with van der Waals surface area (Å²) in [5.41, 5.74) is 0. The smallest absolute Gasteiger partial charge is 0.302 e. The Morgan fingerprint density at radius 3 is 2.47 bits per heavy atom. The summed E-state index contributed by atoms with van der Waals surface area (Å²) in [5.74, 6) is -0.782. The van der Waals surface area contributed by atoms with E-state index in [2.05, 4.69) is 0 Å². The van der Waals surface area contributed by atoms with Crippen LogP contribution in [0.2, 0.25) is 0 Å². The first-order valence-electron chi connectivity index (χ1n) is 5.02. The first-order valence-corrected chi connectivity index (χ1v) is 5.02. The van der Waals surface area contributed by atoms with Crippen molar-refractivity contribution in [3.8, 4) is 0 Å². The van der Waals surface area contributed by atoms with E-state index in [1.165, 1.54) is 11.8 Å². The summed E-state index contributed by atoms with van der Waals surface area (Å²) in [6.07, 6.45) is 0.703. The maximum Gasteiger partial charge on any atom is 0.302 e. The van der Waals surface area contributed by atoms with E-state index in [9.17, 15) is 14.4 Å². The number of carbonyl (C=O) groups is 3. The molecule has 0 aromatic heterocycles. The number of nitrogens with zero attached hydrogens (tertiary/aromatic N) is 1. The monoisotopic (exact) mass is 211 g/mol. The number of hydrogen-bond donors (Lipinski definition) is 0. The molecule has 0 N–H and O–H groups in total. The molecule has 3 atom stereocenters. The third-order valence-electron chi connectivity index (χ3n) is 2.87. The molecular weight excluding hydrogens is 198 g/mol. The molecule has 0 aromatic rings. The quantitative estimate of drug-likeness (QED) is 0.484. The lowest BCUT2D eigenvalue weighted by Gasteiger charge is -2.23. The van der Waals surface area contributed by atoms with Gasteiger partial charge in [-0.25, -0.2) is 0 Å². The summed E-state index contributed by atoms with van der Waals surface area (Å²) < 4.78 is 4.78. The Kier molecular flexibility index (Phi) is 2.25. The number of likely N-dealkylation sites (tertiary alicyclic amines) is 1. The Morgan fingerprint density at radius 1 is 1.47 bits per heavy atom. The minimum absolute atomic E-state index is 0.0859. The van der Waals surface area contributed by atoms with Gasteiger partial charge in [-0.3, -0.25) is 19.3 Å². The van der Waals surface area contributed by atoms with Crippen LogP contribution < -0.4 is 0 Å². The molecule has 1 aliphatic heterocycles. The molecule has 1 aliphatic carbocycles. The number of amides is 2. The van der Waals surface area contributed by atoms with Gasteiger partial charge in [0.2, 0.25) is 11.8 Å². The van der Waals surface area contributed by atoms with E-state index in [4.69, 9.17) is 4.74 Å². The lowest BCUT2D eigenvalue weighted by atomic mass is 10.3. The molecule has 1 heterocycles. The predicted molar refractivity (Wildman–Crippen MR) is 49.5 cm³/mol. The topological polar surface area (TPSA) is 63.7 Å². The fourth-order valence-electron chi connectivity index (χ4n) is 1.95. The number of esters is 1. The zero-order chi connectivity index (χ0) is 11.2. The van der Waals surface area contributed by atoms with E-state index in [0.29, 0.717) is 6.42 Å². The Hall–Kier alpha value is -1.39. The second-order valence-corrected chi connectivity index (χ2v) is 4.15. The normalized spacial score (nSPS) is 30.1. The Bertz CT molecular complexity index is 318. The van der Waals surface area contributed by atoms with Gasteiger partial charge in [-0.2, -0.15) is 0 Å². The van der Waals surface area contributed by atoms with Gasteiger partial charge in [-0.05, 0) is 13.3 Å². The van der Waals surface area contributed by atoms with E-state index < -0.39 is 5.97 Å². The van der Waals surface area contributed by atoms with Crippen LogP contribution in [-0.2, 0) is 19.1 Å². The van der Waals surface area contributed by atoms with Gasteiger partial charge in [0.05, 0.1) is 17.9 Å². The average Bonchev–Trinajstić information content (AvgIpc) is 2.89. The first-order chi connectivity index (χ1) is 7.02. The Morgan fingerprint density at radius 2 is 2.00 bits per heavy atom. The van der Waals surface area contributed by atoms with E-state index >= 15 is 0 Å². The minimum atomic E-state index is -0.397. The lowest BCUT2D eigenvalue weighted by molar-refractivity contribution is -0.151. The molecule has 15 heavy (non-hydrogen) atoms. The standard InChI is InChI=1S/C10H13NO4/c1-5(4-15-6(2)12)11-9(13)7-3-8(7)10(11)14/h5,7-8H,3-4H2,1-2H3. The number of rotatable bonds is 3. The van der Waals surface area contributed by atoms with Crippen LogP contribution in [0.4, 0.5) is 0 Å². The van der Waals surface area contributed by atoms with Crippen molar-refractivity contribution >= 4 is 17.8 Å². The van der Waals surface area contributed by atoms with Gasteiger partial charge in [-0.1, -0.05) is 0 Å². The van der Waals surface area contributed by atoms with E-state index in [1.54, 1.807) is 6.92 Å². The number of hydrogen-bond acceptors (Lipinski definition) is 4. The van der Waals surface area contributed by atoms with Gasteiger partial charge in [0.15, 0.2) is 0 Å². The molecule has 2 fully saturated rings. The number of carbonyl (C=O) groups excluding carboxylic acids is 3. The lowest BCUT2D eigenvalue weighted by Crippen LogP contribution is -2.43. The van der Waals surface area contributed by atoms with Crippen molar-refractivity contribution in [2.24, 2.45) is 11.8 Å². The van der Waals surface area contributed by atoms with Crippen LogP contribution in [0, 0.1) is 11.8 Å². The van der Waals surface area contributed by atoms with Crippen molar-refractivity contribution in [2.45, 2.75) is 26.3 Å². The fraction of sp³-hybridized carbons (Fsp3) is 0.700. The predicted octanol–water partition coefficient (Wildman–Crippen LogP) is -0.0571. The number of piperidine rings is 1. The van der Waals surface area contributed by atoms with Crippen molar-refractivity contribution in [1.29, 1.82) is 0 Å². The number of ether oxygens (including phenoxy) is 1. The summed E-state index contributed by atoms with van der Waals surface area (Å²) >= 11 is 0. The molecule has 0 spiro atoms. The molecule has 0 radical (unpaired) electrons. The number of fused-ring (bicyclic) bond motifs is 1. The highest BCUT2D eigenvalue weighted by Gasteiger charge is 2.59. The summed E-state index contributed by atoms with van der Waals surface area (Å²) in [5, 5.41) is 0. The molecule has 1 saturated carbocycles. The van der Waals surface area contributed by atoms with E-state index in [1.807, 2.05) is 0 Å². The first kappa shape index (κ1) is 10.1. The zero-order valence-corrected chi connectivity index (χ0v) is 8.73. The summed E-state index contributed by atoms with van der Waals surface area (Å²) in [4.78, 5) is 35.0. The van der Waals surface area contributed by atoms with Crippen LogP contribution in [0.5, 0.6) is 0 Å². The van der Waals surface area contributed by atoms with Gasteiger partial charge in [0, 0.05) is 6.92 Å². The molecule has 2 rings (SSSR count). The van der Waals surface area contributed by atoms with Gasteiger partial charge >= 0.3 is 5.97 Å². The molecule has 82 valence electrons. The summed E-state index contributed by atoms with van der Waals surface area (Å²) in [6, 6.07) is -0.346. The van der Waals surface area contributed by atoms with Crippen molar-refractivity contribution in [2.75, 3.05) is 6.61 Å². The van der Waals surface area contributed by atoms with Gasteiger partial charge in [-0.15, -0.1) is 0 Å². The van der Waals surface area contributed by atoms with Crippen molar-refractivity contribution in [3.05, 3.63) is 0 Å². The molecule has 5 heteroatoms. The third kappa shape index (κ3) is 1.62. The zero-order valence-electron chi connectivity index (χ0n) is 8.73. The molecule has 1 saturated heterocycles. The Balaban J connectivity index is 1.96. The molecule has 0 aromatic carbocycles. The summed E-state index contributed by atoms with van der Waals surface area (Å²) in [7, 11) is 0.